The highest BCUT2D eigenvalue weighted by molar-refractivity contribution is 8.00. The average Bonchev–Trinajstić information content (AvgIpc) is 2.62. The molecule has 8 heteroatoms. The highest BCUT2D eigenvalue weighted by atomic mass is 32.2. The third-order valence-corrected chi connectivity index (χ3v) is 4.91. The fraction of sp³-hybridized carbons (Fsp3) is 0.222. The lowest BCUT2D eigenvalue weighted by Crippen LogP contribution is -2.29. The van der Waals surface area contributed by atoms with Crippen LogP contribution in [0.2, 0.25) is 0 Å². The minimum Gasteiger partial charge on any atom is -0.319 e. The Hall–Kier alpha value is -2.87. The van der Waals surface area contributed by atoms with E-state index in [-0.39, 0.29) is 17.3 Å². The van der Waals surface area contributed by atoms with Crippen molar-refractivity contribution in [3.05, 3.63) is 62.4 Å². The number of aryl methyl sites for hydroxylation is 2. The minimum atomic E-state index is -0.623. The highest BCUT2D eigenvalue weighted by Crippen LogP contribution is 2.25. The third-order valence-electron chi connectivity index (χ3n) is 3.88. The van der Waals surface area contributed by atoms with Gasteiger partial charge in [-0.1, -0.05) is 36.9 Å². The number of anilines is 1. The molecule has 0 aliphatic heterocycles. The van der Waals surface area contributed by atoms with Crippen LogP contribution in [0, 0.1) is 6.92 Å². The molecule has 3 aromatic rings. The van der Waals surface area contributed by atoms with E-state index in [1.54, 1.807) is 6.92 Å². The van der Waals surface area contributed by atoms with Gasteiger partial charge in [-0.25, -0.2) is 9.78 Å². The maximum atomic E-state index is 12.2. The van der Waals surface area contributed by atoms with Crippen molar-refractivity contribution in [3.63, 3.8) is 0 Å². The monoisotopic (exact) mass is 370 g/mol. The number of nitrogens with one attached hydrogen (secondary N) is 3. The number of aromatic amines is 2. The molecule has 0 saturated heterocycles. The average molecular weight is 370 g/mol. The van der Waals surface area contributed by atoms with Crippen LogP contribution in [0.3, 0.4) is 0 Å². The number of H-pyrrole nitrogens is 2. The Morgan fingerprint density at radius 2 is 2.00 bits per heavy atom. The second kappa shape index (κ2) is 7.57. The Labute approximate surface area is 153 Å². The van der Waals surface area contributed by atoms with Gasteiger partial charge in [0.15, 0.2) is 0 Å². The first kappa shape index (κ1) is 17.9. The fourth-order valence-electron chi connectivity index (χ4n) is 2.58. The molecule has 0 atom stereocenters. The first-order valence-corrected chi connectivity index (χ1v) is 9.11. The molecule has 0 aliphatic rings. The van der Waals surface area contributed by atoms with Gasteiger partial charge in [0.05, 0.1) is 11.3 Å². The van der Waals surface area contributed by atoms with Crippen LogP contribution in [0.25, 0.3) is 10.9 Å². The summed E-state index contributed by atoms with van der Waals surface area (Å²) in [5, 5.41) is 4.41. The second-order valence-corrected chi connectivity index (χ2v) is 6.71. The van der Waals surface area contributed by atoms with E-state index in [1.807, 2.05) is 31.2 Å². The Morgan fingerprint density at radius 3 is 2.73 bits per heavy atom. The molecule has 3 rings (SSSR count). The number of hydrogen-bond acceptors (Lipinski definition) is 5. The molecule has 0 unspecified atom stereocenters. The fourth-order valence-corrected chi connectivity index (χ4v) is 3.47. The standard InChI is InChI=1S/C18H18N4O3S/c1-3-11-8-12-6-4-5-7-13(12)20-17(11)26-9-14(23)21-15-10(2)19-18(25)22-16(15)24/h4-8H,3,9H2,1-2H3,(H,21,23)(H2,19,22,24,25). The molecule has 1 amide bonds. The van der Waals surface area contributed by atoms with Crippen LogP contribution in [0.4, 0.5) is 5.69 Å². The summed E-state index contributed by atoms with van der Waals surface area (Å²) >= 11 is 1.32. The number of thioether (sulfide) groups is 1. The van der Waals surface area contributed by atoms with Gasteiger partial charge in [0, 0.05) is 11.1 Å². The van der Waals surface area contributed by atoms with Crippen LogP contribution in [0.15, 0.2) is 44.9 Å². The molecule has 134 valence electrons. The number of hydrogen-bond donors (Lipinski definition) is 3. The zero-order valence-corrected chi connectivity index (χ0v) is 15.2. The molecule has 0 aliphatic carbocycles. The summed E-state index contributed by atoms with van der Waals surface area (Å²) in [7, 11) is 0. The molecule has 0 spiro atoms. The summed E-state index contributed by atoms with van der Waals surface area (Å²) < 4.78 is 0. The second-order valence-electron chi connectivity index (χ2n) is 5.74. The Bertz CT molecular complexity index is 1090. The number of carbonyl (C=O) groups is 1. The van der Waals surface area contributed by atoms with Gasteiger partial charge in [0.25, 0.3) is 5.56 Å². The van der Waals surface area contributed by atoms with E-state index in [4.69, 9.17) is 0 Å². The Kier molecular flexibility index (Phi) is 5.22. The summed E-state index contributed by atoms with van der Waals surface area (Å²) in [6.07, 6.45) is 0.806. The van der Waals surface area contributed by atoms with Crippen LogP contribution in [0.1, 0.15) is 18.2 Å². The summed E-state index contributed by atoms with van der Waals surface area (Å²) in [4.78, 5) is 44.4. The number of fused-ring (bicyclic) bond motifs is 1. The van der Waals surface area contributed by atoms with E-state index >= 15 is 0 Å². The molecule has 0 saturated carbocycles. The molecule has 3 N–H and O–H groups in total. The van der Waals surface area contributed by atoms with Gasteiger partial charge in [-0.15, -0.1) is 0 Å². The molecule has 0 bridgehead atoms. The minimum absolute atomic E-state index is 0.0531. The van der Waals surface area contributed by atoms with Gasteiger partial charge >= 0.3 is 5.69 Å². The van der Waals surface area contributed by atoms with Crippen molar-refractivity contribution >= 4 is 34.3 Å². The molecule has 0 radical (unpaired) electrons. The van der Waals surface area contributed by atoms with E-state index in [0.717, 1.165) is 27.9 Å². The Morgan fingerprint density at radius 1 is 1.23 bits per heavy atom. The summed E-state index contributed by atoms with van der Waals surface area (Å²) in [5.74, 6) is -0.233. The van der Waals surface area contributed by atoms with Crippen molar-refractivity contribution in [1.29, 1.82) is 0 Å². The van der Waals surface area contributed by atoms with Crippen LogP contribution < -0.4 is 16.6 Å². The third kappa shape index (κ3) is 3.85. The van der Waals surface area contributed by atoms with Crippen molar-refractivity contribution in [2.24, 2.45) is 0 Å². The predicted octanol–water partition coefficient (Wildman–Crippen LogP) is 2.21. The quantitative estimate of drug-likeness (QED) is 0.597. The molecular formula is C18H18N4O3S. The topological polar surface area (TPSA) is 108 Å². The van der Waals surface area contributed by atoms with Crippen molar-refractivity contribution in [2.75, 3.05) is 11.1 Å². The van der Waals surface area contributed by atoms with Crippen LogP contribution in [-0.4, -0.2) is 26.6 Å². The molecule has 2 heterocycles. The summed E-state index contributed by atoms with van der Waals surface area (Å²) in [6, 6.07) is 9.91. The summed E-state index contributed by atoms with van der Waals surface area (Å²) in [5.41, 5.74) is 1.09. The number of para-hydroxylation sites is 1. The van der Waals surface area contributed by atoms with Gasteiger partial charge in [0.2, 0.25) is 5.91 Å². The van der Waals surface area contributed by atoms with E-state index in [2.05, 4.69) is 26.3 Å². The maximum Gasteiger partial charge on any atom is 0.326 e. The molecule has 7 nitrogen and oxygen atoms in total. The van der Waals surface area contributed by atoms with Gasteiger partial charge in [-0.05, 0) is 31.0 Å². The van der Waals surface area contributed by atoms with Crippen molar-refractivity contribution in [1.82, 2.24) is 15.0 Å². The van der Waals surface area contributed by atoms with Crippen LogP contribution in [-0.2, 0) is 11.2 Å². The van der Waals surface area contributed by atoms with Gasteiger partial charge < -0.3 is 10.3 Å². The number of amides is 1. The molecule has 26 heavy (non-hydrogen) atoms. The smallest absolute Gasteiger partial charge is 0.319 e. The SMILES string of the molecule is CCc1cc2ccccc2nc1SCC(=O)Nc1c(C)[nH]c(=O)[nH]c1=O. The largest absolute Gasteiger partial charge is 0.326 e. The van der Waals surface area contributed by atoms with E-state index in [0.29, 0.717) is 5.69 Å². The van der Waals surface area contributed by atoms with Gasteiger partial charge in [-0.2, -0.15) is 0 Å². The van der Waals surface area contributed by atoms with Crippen molar-refractivity contribution in [3.8, 4) is 0 Å². The normalized spacial score (nSPS) is 10.8. The van der Waals surface area contributed by atoms with Crippen molar-refractivity contribution in [2.45, 2.75) is 25.3 Å². The number of nitrogens with zero attached hydrogens (tertiary/aromatic N) is 1. The van der Waals surface area contributed by atoms with Crippen LogP contribution >= 0.6 is 11.8 Å². The molecule has 0 fully saturated rings. The lowest BCUT2D eigenvalue weighted by Gasteiger charge is -2.10. The highest BCUT2D eigenvalue weighted by Gasteiger charge is 2.12. The lowest BCUT2D eigenvalue weighted by atomic mass is 10.1. The Balaban J connectivity index is 1.77. The first-order valence-electron chi connectivity index (χ1n) is 8.12. The number of aromatic nitrogens is 3. The maximum absolute atomic E-state index is 12.2. The number of rotatable bonds is 5. The number of carbonyl (C=O) groups excluding carboxylic acids is 1. The zero-order chi connectivity index (χ0) is 18.7. The molecule has 1 aromatic carbocycles. The molecular weight excluding hydrogens is 352 g/mol. The van der Waals surface area contributed by atoms with Gasteiger partial charge in [0.1, 0.15) is 10.7 Å². The number of benzene rings is 1. The molecule has 2 aromatic heterocycles. The van der Waals surface area contributed by atoms with E-state index in [9.17, 15) is 14.4 Å². The van der Waals surface area contributed by atoms with Crippen molar-refractivity contribution < 1.29 is 4.79 Å². The van der Waals surface area contributed by atoms with Crippen LogP contribution in [0.5, 0.6) is 0 Å². The lowest BCUT2D eigenvalue weighted by molar-refractivity contribution is -0.113. The van der Waals surface area contributed by atoms with Gasteiger partial charge in [-0.3, -0.25) is 14.6 Å². The van der Waals surface area contributed by atoms with E-state index < -0.39 is 11.2 Å². The van der Waals surface area contributed by atoms with E-state index in [1.165, 1.54) is 11.8 Å². The number of pyridine rings is 1. The predicted molar refractivity (Wildman–Crippen MR) is 103 cm³/mol. The summed E-state index contributed by atoms with van der Waals surface area (Å²) in [6.45, 7) is 3.60. The first-order chi connectivity index (χ1) is 12.5. The zero-order valence-electron chi connectivity index (χ0n) is 14.4.